The van der Waals surface area contributed by atoms with Crippen LogP contribution in [0.1, 0.15) is 53.9 Å². The molecule has 0 heterocycles. The van der Waals surface area contributed by atoms with Gasteiger partial charge in [-0.15, -0.1) is 0 Å². The van der Waals surface area contributed by atoms with Crippen molar-refractivity contribution in [1.29, 1.82) is 0 Å². The van der Waals surface area contributed by atoms with Crippen molar-refractivity contribution < 1.29 is 9.53 Å². The first-order valence-electron chi connectivity index (χ1n) is 7.30. The SMILES string of the molecule is CCCNC(C)(CC(C)SCCC(C)C)C(=O)OC. The fraction of sp³-hybridized carbons (Fsp3) is 0.933. The number of hydrogen-bond donors (Lipinski definition) is 1. The summed E-state index contributed by atoms with van der Waals surface area (Å²) < 4.78 is 4.95. The largest absolute Gasteiger partial charge is 0.468 e. The highest BCUT2D eigenvalue weighted by Gasteiger charge is 2.35. The summed E-state index contributed by atoms with van der Waals surface area (Å²) in [6, 6.07) is 0. The second-order valence-electron chi connectivity index (χ2n) is 5.82. The molecular formula is C15H31NO2S. The molecule has 2 atom stereocenters. The molecule has 0 bridgehead atoms. The molecule has 0 fully saturated rings. The Kier molecular flexibility index (Phi) is 9.54. The van der Waals surface area contributed by atoms with Crippen molar-refractivity contribution in [3.05, 3.63) is 0 Å². The monoisotopic (exact) mass is 289 g/mol. The second-order valence-corrected chi connectivity index (χ2v) is 7.36. The minimum atomic E-state index is -0.561. The van der Waals surface area contributed by atoms with Gasteiger partial charge in [-0.3, -0.25) is 4.79 Å². The summed E-state index contributed by atoms with van der Waals surface area (Å²) in [6.45, 7) is 11.6. The van der Waals surface area contributed by atoms with Crippen LogP contribution in [0.15, 0.2) is 0 Å². The summed E-state index contributed by atoms with van der Waals surface area (Å²) >= 11 is 1.95. The number of hydrogen-bond acceptors (Lipinski definition) is 4. The van der Waals surface area contributed by atoms with Crippen LogP contribution in [0.4, 0.5) is 0 Å². The van der Waals surface area contributed by atoms with Crippen molar-refractivity contribution in [2.75, 3.05) is 19.4 Å². The molecule has 0 aliphatic heterocycles. The molecule has 4 heteroatoms. The average Bonchev–Trinajstić information content (AvgIpc) is 2.34. The highest BCUT2D eigenvalue weighted by molar-refractivity contribution is 7.99. The number of ether oxygens (including phenoxy) is 1. The van der Waals surface area contributed by atoms with Gasteiger partial charge in [0.15, 0.2) is 0 Å². The van der Waals surface area contributed by atoms with E-state index in [1.165, 1.54) is 13.5 Å². The van der Waals surface area contributed by atoms with Crippen molar-refractivity contribution in [3.8, 4) is 0 Å². The van der Waals surface area contributed by atoms with Gasteiger partial charge in [-0.2, -0.15) is 11.8 Å². The Balaban J connectivity index is 4.34. The van der Waals surface area contributed by atoms with Crippen LogP contribution < -0.4 is 5.32 Å². The number of carbonyl (C=O) groups is 1. The van der Waals surface area contributed by atoms with Crippen LogP contribution in [0.25, 0.3) is 0 Å². The molecule has 3 nitrogen and oxygen atoms in total. The van der Waals surface area contributed by atoms with Crippen LogP contribution in [0, 0.1) is 5.92 Å². The summed E-state index contributed by atoms with van der Waals surface area (Å²) in [6.07, 6.45) is 3.05. The zero-order chi connectivity index (χ0) is 14.9. The minimum Gasteiger partial charge on any atom is -0.468 e. The van der Waals surface area contributed by atoms with Crippen LogP contribution in [0.5, 0.6) is 0 Å². The van der Waals surface area contributed by atoms with Crippen molar-refractivity contribution in [3.63, 3.8) is 0 Å². The molecule has 0 aliphatic carbocycles. The summed E-state index contributed by atoms with van der Waals surface area (Å²) in [5.74, 6) is 1.74. The van der Waals surface area contributed by atoms with Crippen LogP contribution in [-0.4, -0.2) is 36.2 Å². The Labute approximate surface area is 123 Å². The molecule has 0 aliphatic rings. The summed E-state index contributed by atoms with van der Waals surface area (Å²) in [7, 11) is 1.46. The van der Waals surface area contributed by atoms with Crippen molar-refractivity contribution in [2.45, 2.75) is 64.7 Å². The number of thioether (sulfide) groups is 1. The normalized spacial score (nSPS) is 16.2. The number of methoxy groups -OCH3 is 1. The molecule has 0 aromatic rings. The Morgan fingerprint density at radius 1 is 1.37 bits per heavy atom. The van der Waals surface area contributed by atoms with Crippen LogP contribution in [0.2, 0.25) is 0 Å². The number of rotatable bonds is 10. The molecule has 0 saturated heterocycles. The lowest BCUT2D eigenvalue weighted by atomic mass is 9.96. The predicted octanol–water partition coefficient (Wildman–Crippen LogP) is 3.48. The third-order valence-corrected chi connectivity index (χ3v) is 4.40. The number of carbonyl (C=O) groups excluding carboxylic acids is 1. The highest BCUT2D eigenvalue weighted by atomic mass is 32.2. The van der Waals surface area contributed by atoms with E-state index in [1.54, 1.807) is 0 Å². The molecule has 0 radical (unpaired) electrons. The van der Waals surface area contributed by atoms with E-state index in [-0.39, 0.29) is 5.97 Å². The third kappa shape index (κ3) is 7.83. The lowest BCUT2D eigenvalue weighted by Gasteiger charge is -2.30. The Hall–Kier alpha value is -0.220. The van der Waals surface area contributed by atoms with Gasteiger partial charge in [0.1, 0.15) is 5.54 Å². The van der Waals surface area contributed by atoms with Gasteiger partial charge in [0.25, 0.3) is 0 Å². The maximum absolute atomic E-state index is 12.0. The lowest BCUT2D eigenvalue weighted by molar-refractivity contribution is -0.148. The first-order chi connectivity index (χ1) is 8.85. The van der Waals surface area contributed by atoms with E-state index < -0.39 is 5.54 Å². The first-order valence-corrected chi connectivity index (χ1v) is 8.35. The van der Waals surface area contributed by atoms with Gasteiger partial charge >= 0.3 is 5.97 Å². The first kappa shape index (κ1) is 18.8. The fourth-order valence-electron chi connectivity index (χ4n) is 1.99. The summed E-state index contributed by atoms with van der Waals surface area (Å²) in [5.41, 5.74) is -0.561. The van der Waals surface area contributed by atoms with E-state index in [0.29, 0.717) is 5.25 Å². The third-order valence-electron chi connectivity index (χ3n) is 3.19. The maximum atomic E-state index is 12.0. The highest BCUT2D eigenvalue weighted by Crippen LogP contribution is 2.24. The molecule has 19 heavy (non-hydrogen) atoms. The fourth-order valence-corrected chi connectivity index (χ4v) is 3.45. The molecule has 2 unspecified atom stereocenters. The van der Waals surface area contributed by atoms with E-state index in [4.69, 9.17) is 4.74 Å². The molecule has 0 spiro atoms. The molecule has 0 aromatic heterocycles. The zero-order valence-electron chi connectivity index (χ0n) is 13.4. The van der Waals surface area contributed by atoms with E-state index in [1.807, 2.05) is 18.7 Å². The van der Waals surface area contributed by atoms with Crippen molar-refractivity contribution in [2.24, 2.45) is 5.92 Å². The van der Waals surface area contributed by atoms with Crippen molar-refractivity contribution >= 4 is 17.7 Å². The molecule has 0 amide bonds. The molecule has 0 rings (SSSR count). The summed E-state index contributed by atoms with van der Waals surface area (Å²) in [4.78, 5) is 12.0. The van der Waals surface area contributed by atoms with Gasteiger partial charge in [0.05, 0.1) is 7.11 Å². The number of nitrogens with one attached hydrogen (secondary N) is 1. The average molecular weight is 289 g/mol. The zero-order valence-corrected chi connectivity index (χ0v) is 14.2. The Morgan fingerprint density at radius 3 is 2.47 bits per heavy atom. The predicted molar refractivity (Wildman–Crippen MR) is 84.7 cm³/mol. The van der Waals surface area contributed by atoms with Crippen LogP contribution >= 0.6 is 11.8 Å². The van der Waals surface area contributed by atoms with E-state index >= 15 is 0 Å². The molecular weight excluding hydrogens is 258 g/mol. The van der Waals surface area contributed by atoms with E-state index in [2.05, 4.69) is 33.0 Å². The van der Waals surface area contributed by atoms with Gasteiger partial charge in [0, 0.05) is 5.25 Å². The van der Waals surface area contributed by atoms with E-state index in [9.17, 15) is 4.79 Å². The standard InChI is InChI=1S/C15H31NO2S/c1-7-9-16-15(5,14(17)18-6)11-13(4)19-10-8-12(2)3/h12-13,16H,7-11H2,1-6H3. The smallest absolute Gasteiger partial charge is 0.325 e. The second kappa shape index (κ2) is 9.65. The van der Waals surface area contributed by atoms with Gasteiger partial charge in [-0.1, -0.05) is 27.7 Å². The van der Waals surface area contributed by atoms with Crippen LogP contribution in [-0.2, 0) is 9.53 Å². The van der Waals surface area contributed by atoms with Crippen LogP contribution in [0.3, 0.4) is 0 Å². The van der Waals surface area contributed by atoms with Gasteiger partial charge < -0.3 is 10.1 Å². The molecule has 114 valence electrons. The maximum Gasteiger partial charge on any atom is 0.325 e. The van der Waals surface area contributed by atoms with Gasteiger partial charge in [-0.25, -0.2) is 0 Å². The molecule has 0 saturated carbocycles. The molecule has 1 N–H and O–H groups in total. The van der Waals surface area contributed by atoms with Crippen molar-refractivity contribution in [1.82, 2.24) is 5.32 Å². The summed E-state index contributed by atoms with van der Waals surface area (Å²) in [5, 5.41) is 3.79. The number of esters is 1. The molecule has 0 aromatic carbocycles. The van der Waals surface area contributed by atoms with E-state index in [0.717, 1.165) is 31.1 Å². The topological polar surface area (TPSA) is 38.3 Å². The lowest BCUT2D eigenvalue weighted by Crippen LogP contribution is -2.51. The quantitative estimate of drug-likeness (QED) is 0.625. The Morgan fingerprint density at radius 2 is 2.00 bits per heavy atom. The Bertz CT molecular complexity index is 259. The van der Waals surface area contributed by atoms with Gasteiger partial charge in [0.2, 0.25) is 0 Å². The van der Waals surface area contributed by atoms with Gasteiger partial charge in [-0.05, 0) is 44.4 Å². The minimum absolute atomic E-state index is 0.155.